The summed E-state index contributed by atoms with van der Waals surface area (Å²) in [5.74, 6) is 1.36. The van der Waals surface area contributed by atoms with Gasteiger partial charge in [0.05, 0.1) is 0 Å². The quantitative estimate of drug-likeness (QED) is 0.105. The first-order valence-electron chi connectivity index (χ1n) is 6.58. The second kappa shape index (κ2) is 3.18. The number of carbonyl (C=O) groups excluding carboxylic acids is 1. The molecule has 3 saturated heterocycles. The molecule has 0 spiro atoms. The maximum absolute atomic E-state index is 12.6. The minimum absolute atomic E-state index is 0.0546. The monoisotopic (exact) mass is 476 g/mol. The van der Waals surface area contributed by atoms with Crippen molar-refractivity contribution in [1.29, 1.82) is 0 Å². The van der Waals surface area contributed by atoms with Crippen LogP contribution in [-0.2, 0) is 9.53 Å². The van der Waals surface area contributed by atoms with Crippen molar-refractivity contribution in [2.75, 3.05) is 0 Å². The third-order valence-electron chi connectivity index (χ3n) is 5.35. The topological polar surface area (TPSA) is 92.1 Å². The van der Waals surface area contributed by atoms with E-state index in [4.69, 9.17) is 4.74 Å². The van der Waals surface area contributed by atoms with Crippen LogP contribution >= 0.6 is 20.4 Å². The van der Waals surface area contributed by atoms with Crippen LogP contribution in [0.25, 0.3) is 0 Å². The Morgan fingerprint density at radius 3 is 2.44 bits per heavy atom. The van der Waals surface area contributed by atoms with Gasteiger partial charge in [0, 0.05) is 0 Å². The van der Waals surface area contributed by atoms with Crippen molar-refractivity contribution in [3.05, 3.63) is 0 Å². The molecular formula is C11H16I2N3O2-. The molecular weight excluding hydrogens is 460 g/mol. The molecule has 0 aromatic carbocycles. The fourth-order valence-corrected chi connectivity index (χ4v) is 14.0. The SMILES string of the molecule is CCC1(OC(=O)C2(C34NI3N4)N[I-]2)C2CCC1C2. The predicted octanol–water partition coefficient (Wildman–Crippen LogP) is -2.39. The number of rotatable bonds is 4. The van der Waals surface area contributed by atoms with Crippen LogP contribution in [0.5, 0.6) is 0 Å². The zero-order valence-electron chi connectivity index (χ0n) is 10.1. The number of fused-ring (bicyclic) bond motifs is 2. The summed E-state index contributed by atoms with van der Waals surface area (Å²) in [6.45, 7) is 2.18. The second-order valence-corrected chi connectivity index (χ2v) is 12.9. The van der Waals surface area contributed by atoms with E-state index in [1.54, 1.807) is 0 Å². The molecule has 3 aliphatic heterocycles. The first-order chi connectivity index (χ1) is 8.67. The molecule has 0 radical (unpaired) electrons. The Labute approximate surface area is 124 Å². The van der Waals surface area contributed by atoms with Gasteiger partial charge in [-0.25, -0.2) is 0 Å². The van der Waals surface area contributed by atoms with Crippen molar-refractivity contribution in [2.45, 2.75) is 45.4 Å². The molecule has 6 rings (SSSR count). The summed E-state index contributed by atoms with van der Waals surface area (Å²) in [5, 5.41) is 0. The van der Waals surface area contributed by atoms with Crippen molar-refractivity contribution in [1.82, 2.24) is 10.6 Å². The van der Waals surface area contributed by atoms with Gasteiger partial charge in [-0.15, -0.1) is 0 Å². The zero-order chi connectivity index (χ0) is 12.2. The van der Waals surface area contributed by atoms with Crippen LogP contribution in [0, 0.1) is 11.8 Å². The Balaban J connectivity index is 1.39. The summed E-state index contributed by atoms with van der Waals surface area (Å²) in [6.07, 6.45) is 4.82. The average Bonchev–Trinajstić information content (AvgIpc) is 3.23. The normalized spacial score (nSPS) is 54.8. The van der Waals surface area contributed by atoms with Gasteiger partial charge >= 0.3 is 125 Å². The number of halogens is 2. The van der Waals surface area contributed by atoms with Gasteiger partial charge in [0.1, 0.15) is 0 Å². The molecule has 3 atom stereocenters. The predicted molar refractivity (Wildman–Crippen MR) is 68.8 cm³/mol. The van der Waals surface area contributed by atoms with E-state index >= 15 is 0 Å². The number of ether oxygens (including phenoxy) is 1. The van der Waals surface area contributed by atoms with E-state index in [1.807, 2.05) is 0 Å². The molecule has 7 heteroatoms. The van der Waals surface area contributed by atoms with Gasteiger partial charge in [0.2, 0.25) is 0 Å². The van der Waals surface area contributed by atoms with Gasteiger partial charge in [-0.2, -0.15) is 0 Å². The van der Waals surface area contributed by atoms with Crippen molar-refractivity contribution >= 4 is 26.3 Å². The molecule has 3 heterocycles. The molecule has 0 amide bonds. The van der Waals surface area contributed by atoms with Crippen LogP contribution in [0.2, 0.25) is 0 Å². The van der Waals surface area contributed by atoms with Gasteiger partial charge in [0.25, 0.3) is 0 Å². The maximum atomic E-state index is 12.6. The minimum atomic E-state index is -1.06. The Bertz CT molecular complexity index is 447. The van der Waals surface area contributed by atoms with Crippen molar-refractivity contribution in [3.63, 3.8) is 0 Å². The summed E-state index contributed by atoms with van der Waals surface area (Å²) in [4.78, 5) is 12.6. The average molecular weight is 476 g/mol. The Kier molecular flexibility index (Phi) is 2.02. The number of alkyl halides is 2. The fraction of sp³-hybridized carbons (Fsp3) is 0.909. The van der Waals surface area contributed by atoms with E-state index in [0.29, 0.717) is 11.8 Å². The van der Waals surface area contributed by atoms with E-state index in [1.165, 1.54) is 19.3 Å². The summed E-state index contributed by atoms with van der Waals surface area (Å²) < 4.78 is 16.2. The Morgan fingerprint density at radius 1 is 1.44 bits per heavy atom. The molecule has 0 aromatic rings. The van der Waals surface area contributed by atoms with Gasteiger partial charge in [-0.3, -0.25) is 0 Å². The van der Waals surface area contributed by atoms with E-state index in [2.05, 4.69) is 17.5 Å². The fourth-order valence-electron chi connectivity index (χ4n) is 3.98. The summed E-state index contributed by atoms with van der Waals surface area (Å²) in [5.41, 5.74) is -0.0858. The van der Waals surface area contributed by atoms with Crippen LogP contribution in [0.1, 0.15) is 32.6 Å². The van der Waals surface area contributed by atoms with Crippen LogP contribution in [0.4, 0.5) is 0 Å². The molecule has 0 aromatic heterocycles. The van der Waals surface area contributed by atoms with E-state index in [9.17, 15) is 4.79 Å². The zero-order valence-corrected chi connectivity index (χ0v) is 14.4. The van der Waals surface area contributed by atoms with Crippen LogP contribution in [0.3, 0.4) is 0 Å². The molecule has 3 unspecified atom stereocenters. The molecule has 3 aliphatic carbocycles. The third-order valence-corrected chi connectivity index (χ3v) is 13.8. The molecule has 18 heavy (non-hydrogen) atoms. The van der Waals surface area contributed by atoms with Crippen LogP contribution < -0.4 is 32.1 Å². The van der Waals surface area contributed by atoms with Crippen molar-refractivity contribution < 1.29 is 31.0 Å². The van der Waals surface area contributed by atoms with Crippen LogP contribution in [0.15, 0.2) is 0 Å². The number of hydrogen-bond acceptors (Lipinski definition) is 5. The Hall–Kier alpha value is 0.810. The molecule has 6 aliphatic rings. The second-order valence-electron chi connectivity index (χ2n) is 5.88. The molecule has 3 saturated carbocycles. The number of nitrogens with one attached hydrogen (secondary N) is 3. The molecule has 6 fully saturated rings. The number of esters is 1. The molecule has 3 N–H and O–H groups in total. The first-order valence-corrected chi connectivity index (χ1v) is 12.0. The molecule has 5 nitrogen and oxygen atoms in total. The molecule has 2 bridgehead atoms. The third kappa shape index (κ3) is 1.10. The standard InChI is InChI=1S/C11H16I2N3O2/c1-2-9(6-3-4-7(9)5-6)18-8(17)10(12-14-10)11-13(15-11)16-11/h6-7,14-16H,2-5H2,1H3/q-1. The van der Waals surface area contributed by atoms with Gasteiger partial charge < -0.3 is 0 Å². The van der Waals surface area contributed by atoms with E-state index in [0.717, 1.165) is 6.42 Å². The van der Waals surface area contributed by atoms with Gasteiger partial charge in [-0.1, -0.05) is 0 Å². The number of hydrogen-bond donors (Lipinski definition) is 3. The van der Waals surface area contributed by atoms with Crippen molar-refractivity contribution in [2.24, 2.45) is 11.8 Å². The van der Waals surface area contributed by atoms with E-state index < -0.39 is 20.4 Å². The van der Waals surface area contributed by atoms with Crippen LogP contribution in [-0.4, -0.2) is 18.8 Å². The summed E-state index contributed by atoms with van der Waals surface area (Å²) in [7, 11) is 0. The molecule has 102 valence electrons. The summed E-state index contributed by atoms with van der Waals surface area (Å²) in [6, 6.07) is 0. The van der Waals surface area contributed by atoms with Gasteiger partial charge in [0.15, 0.2) is 0 Å². The van der Waals surface area contributed by atoms with Crippen molar-refractivity contribution in [3.8, 4) is 0 Å². The number of carbonyl (C=O) groups is 1. The Morgan fingerprint density at radius 2 is 2.06 bits per heavy atom. The van der Waals surface area contributed by atoms with Gasteiger partial charge in [-0.05, 0) is 0 Å². The van der Waals surface area contributed by atoms with E-state index in [-0.39, 0.29) is 40.3 Å². The first kappa shape index (κ1) is 11.5. The summed E-state index contributed by atoms with van der Waals surface area (Å²) >= 11 is -1.26.